The molecule has 4 nitrogen and oxygen atoms in total. The van der Waals surface area contributed by atoms with Crippen LogP contribution in [-0.2, 0) is 9.84 Å². The van der Waals surface area contributed by atoms with E-state index in [1.807, 2.05) is 32.0 Å². The molecule has 2 rings (SSSR count). The maximum atomic E-state index is 11.5. The molecule has 1 aromatic carbocycles. The van der Waals surface area contributed by atoms with Gasteiger partial charge in [-0.15, -0.1) is 0 Å². The molecule has 1 aromatic rings. The normalized spacial score (nSPS) is 26.9. The minimum Gasteiger partial charge on any atom is -0.397 e. The molecule has 1 aliphatic heterocycles. The molecule has 0 saturated carbocycles. The third-order valence-corrected chi connectivity index (χ3v) is 5.05. The van der Waals surface area contributed by atoms with Crippen molar-refractivity contribution in [3.63, 3.8) is 0 Å². The summed E-state index contributed by atoms with van der Waals surface area (Å²) in [7, 11) is -2.90. The monoisotopic (exact) mass is 254 g/mol. The minimum absolute atomic E-state index is 0.174. The van der Waals surface area contributed by atoms with E-state index in [1.54, 1.807) is 0 Å². The average Bonchev–Trinajstić information content (AvgIpc) is 2.46. The molecule has 5 heteroatoms. The van der Waals surface area contributed by atoms with Crippen LogP contribution in [0.15, 0.2) is 18.2 Å². The van der Waals surface area contributed by atoms with Gasteiger partial charge in [0.05, 0.1) is 22.9 Å². The summed E-state index contributed by atoms with van der Waals surface area (Å²) in [6.45, 7) is 3.90. The third-order valence-electron chi connectivity index (χ3n) is 3.15. The molecule has 0 aromatic heterocycles. The van der Waals surface area contributed by atoms with Gasteiger partial charge in [0.1, 0.15) is 0 Å². The first-order valence-electron chi connectivity index (χ1n) is 5.64. The van der Waals surface area contributed by atoms with Gasteiger partial charge >= 0.3 is 0 Å². The molecule has 17 heavy (non-hydrogen) atoms. The Balaban J connectivity index is 2.22. The molecule has 94 valence electrons. The molecule has 1 heterocycles. The van der Waals surface area contributed by atoms with Crippen molar-refractivity contribution in [2.45, 2.75) is 25.8 Å². The van der Waals surface area contributed by atoms with Crippen LogP contribution in [0.3, 0.4) is 0 Å². The average molecular weight is 254 g/mol. The zero-order valence-electron chi connectivity index (χ0n) is 10.2. The van der Waals surface area contributed by atoms with Gasteiger partial charge in [0.2, 0.25) is 0 Å². The van der Waals surface area contributed by atoms with Crippen molar-refractivity contribution in [3.05, 3.63) is 23.8 Å². The van der Waals surface area contributed by atoms with Crippen molar-refractivity contribution in [2.24, 2.45) is 0 Å². The lowest BCUT2D eigenvalue weighted by atomic mass is 10.0. The molecule has 1 unspecified atom stereocenters. The second-order valence-corrected chi connectivity index (χ2v) is 7.30. The summed E-state index contributed by atoms with van der Waals surface area (Å²) in [6.07, 6.45) is 0.628. The van der Waals surface area contributed by atoms with E-state index in [-0.39, 0.29) is 11.5 Å². The van der Waals surface area contributed by atoms with Crippen molar-refractivity contribution in [2.75, 3.05) is 22.6 Å². The second-order valence-electron chi connectivity index (χ2n) is 5.12. The van der Waals surface area contributed by atoms with Gasteiger partial charge < -0.3 is 11.1 Å². The highest BCUT2D eigenvalue weighted by molar-refractivity contribution is 7.91. The van der Waals surface area contributed by atoms with Crippen LogP contribution in [0.2, 0.25) is 0 Å². The van der Waals surface area contributed by atoms with Gasteiger partial charge in [-0.25, -0.2) is 8.42 Å². The van der Waals surface area contributed by atoms with Crippen molar-refractivity contribution in [1.82, 2.24) is 0 Å². The first kappa shape index (κ1) is 12.2. The number of rotatable bonds is 2. The second kappa shape index (κ2) is 3.91. The zero-order chi connectivity index (χ0) is 12.7. The topological polar surface area (TPSA) is 72.2 Å². The van der Waals surface area contributed by atoms with Crippen LogP contribution in [0, 0.1) is 6.92 Å². The molecular formula is C12H18N2O2S. The number of anilines is 2. The molecule has 0 amide bonds. The predicted octanol–water partition coefficient (Wildman–Crippen LogP) is 1.57. The van der Waals surface area contributed by atoms with E-state index in [9.17, 15) is 8.42 Å². The quantitative estimate of drug-likeness (QED) is 0.786. The summed E-state index contributed by atoms with van der Waals surface area (Å²) in [5.41, 5.74) is 8.09. The number of benzene rings is 1. The number of hydrogen-bond donors (Lipinski definition) is 2. The van der Waals surface area contributed by atoms with E-state index in [1.165, 1.54) is 0 Å². The summed E-state index contributed by atoms with van der Waals surface area (Å²) >= 11 is 0. The Labute approximate surface area is 102 Å². The maximum absolute atomic E-state index is 11.5. The zero-order valence-corrected chi connectivity index (χ0v) is 11.0. The van der Waals surface area contributed by atoms with E-state index >= 15 is 0 Å². The molecule has 0 spiro atoms. The molecule has 1 saturated heterocycles. The van der Waals surface area contributed by atoms with Crippen molar-refractivity contribution in [1.29, 1.82) is 0 Å². The Morgan fingerprint density at radius 1 is 1.41 bits per heavy atom. The SMILES string of the molecule is Cc1ccc(NC2(C)CCS(=O)(=O)C2)c(N)c1. The van der Waals surface area contributed by atoms with Crippen LogP contribution in [0.4, 0.5) is 11.4 Å². The van der Waals surface area contributed by atoms with Crippen LogP contribution in [-0.4, -0.2) is 25.5 Å². The van der Waals surface area contributed by atoms with E-state index in [2.05, 4.69) is 5.32 Å². The van der Waals surface area contributed by atoms with Crippen molar-refractivity contribution >= 4 is 21.2 Å². The first-order chi connectivity index (χ1) is 7.80. The van der Waals surface area contributed by atoms with Gasteiger partial charge in [-0.1, -0.05) is 6.07 Å². The van der Waals surface area contributed by atoms with Crippen LogP contribution in [0.1, 0.15) is 18.9 Å². The standard InChI is InChI=1S/C12H18N2O2S/c1-9-3-4-11(10(13)7-9)14-12(2)5-6-17(15,16)8-12/h3-4,7,14H,5-6,8,13H2,1-2H3. The number of nitrogens with two attached hydrogens (primary N) is 1. The number of sulfone groups is 1. The van der Waals surface area contributed by atoms with Crippen LogP contribution in [0.25, 0.3) is 0 Å². The Morgan fingerprint density at radius 3 is 2.65 bits per heavy atom. The molecule has 3 N–H and O–H groups in total. The maximum Gasteiger partial charge on any atom is 0.152 e. The van der Waals surface area contributed by atoms with Crippen LogP contribution in [0.5, 0.6) is 0 Å². The Bertz CT molecular complexity index is 539. The largest absolute Gasteiger partial charge is 0.397 e. The van der Waals surface area contributed by atoms with Gasteiger partial charge in [0.25, 0.3) is 0 Å². The van der Waals surface area contributed by atoms with Crippen molar-refractivity contribution < 1.29 is 8.42 Å². The molecule has 0 aliphatic carbocycles. The Morgan fingerprint density at radius 2 is 2.12 bits per heavy atom. The molecular weight excluding hydrogens is 236 g/mol. The summed E-state index contributed by atoms with van der Waals surface area (Å²) in [6, 6.07) is 5.75. The van der Waals surface area contributed by atoms with E-state index in [4.69, 9.17) is 5.73 Å². The van der Waals surface area contributed by atoms with E-state index in [0.29, 0.717) is 12.1 Å². The first-order valence-corrected chi connectivity index (χ1v) is 7.47. The summed E-state index contributed by atoms with van der Waals surface area (Å²) in [5, 5.41) is 3.26. The lowest BCUT2D eigenvalue weighted by molar-refractivity contribution is 0.574. The predicted molar refractivity (Wildman–Crippen MR) is 70.9 cm³/mol. The number of hydrogen-bond acceptors (Lipinski definition) is 4. The summed E-state index contributed by atoms with van der Waals surface area (Å²) in [4.78, 5) is 0. The highest BCUT2D eigenvalue weighted by Gasteiger charge is 2.38. The fourth-order valence-electron chi connectivity index (χ4n) is 2.23. The molecule has 1 fully saturated rings. The smallest absolute Gasteiger partial charge is 0.152 e. The van der Waals surface area contributed by atoms with Gasteiger partial charge in [-0.3, -0.25) is 0 Å². The fraction of sp³-hybridized carbons (Fsp3) is 0.500. The minimum atomic E-state index is -2.90. The van der Waals surface area contributed by atoms with Crippen LogP contribution < -0.4 is 11.1 Å². The molecule has 1 atom stereocenters. The van der Waals surface area contributed by atoms with E-state index in [0.717, 1.165) is 11.3 Å². The van der Waals surface area contributed by atoms with Gasteiger partial charge in [0, 0.05) is 5.54 Å². The van der Waals surface area contributed by atoms with Gasteiger partial charge in [-0.2, -0.15) is 0 Å². The molecule has 0 bridgehead atoms. The highest BCUT2D eigenvalue weighted by atomic mass is 32.2. The summed E-state index contributed by atoms with van der Waals surface area (Å²) < 4.78 is 23.0. The van der Waals surface area contributed by atoms with E-state index < -0.39 is 15.4 Å². The number of nitrogen functional groups attached to an aromatic ring is 1. The highest BCUT2D eigenvalue weighted by Crippen LogP contribution is 2.30. The fourth-order valence-corrected chi connectivity index (χ4v) is 4.32. The van der Waals surface area contributed by atoms with Gasteiger partial charge in [-0.05, 0) is 38.0 Å². The lowest BCUT2D eigenvalue weighted by Crippen LogP contribution is -2.36. The Kier molecular flexibility index (Phi) is 2.81. The van der Waals surface area contributed by atoms with Gasteiger partial charge in [0.15, 0.2) is 9.84 Å². The Hall–Kier alpha value is -1.23. The van der Waals surface area contributed by atoms with Crippen LogP contribution >= 0.6 is 0 Å². The van der Waals surface area contributed by atoms with Crippen molar-refractivity contribution in [3.8, 4) is 0 Å². The third kappa shape index (κ3) is 2.72. The number of aryl methyl sites for hydroxylation is 1. The summed E-state index contributed by atoms with van der Waals surface area (Å²) in [5.74, 6) is 0.426. The lowest BCUT2D eigenvalue weighted by Gasteiger charge is -2.26. The molecule has 1 aliphatic rings. The number of nitrogens with one attached hydrogen (secondary N) is 1. The molecule has 0 radical (unpaired) electrons.